The number of nitrogens with one attached hydrogen (secondary N) is 1. The van der Waals surface area contributed by atoms with Crippen molar-refractivity contribution < 1.29 is 9.21 Å². The molecule has 5 nitrogen and oxygen atoms in total. The number of aryl methyl sites for hydroxylation is 2. The van der Waals surface area contributed by atoms with Crippen LogP contribution in [0.5, 0.6) is 0 Å². The van der Waals surface area contributed by atoms with Crippen molar-refractivity contribution in [3.8, 4) is 5.69 Å². The largest absolute Gasteiger partial charge is 0.469 e. The first-order chi connectivity index (χ1) is 11.0. The number of hydrogen-bond acceptors (Lipinski definition) is 3. The number of amides is 1. The van der Waals surface area contributed by atoms with Gasteiger partial charge in [0.25, 0.3) is 5.91 Å². The highest BCUT2D eigenvalue weighted by Gasteiger charge is 2.13. The Morgan fingerprint density at radius 2 is 1.87 bits per heavy atom. The second-order valence-corrected chi connectivity index (χ2v) is 5.67. The molecular formula is C17H16ClN3O2. The number of benzene rings is 1. The maximum absolute atomic E-state index is 12.1. The Balaban J connectivity index is 1.81. The van der Waals surface area contributed by atoms with Crippen LogP contribution >= 0.6 is 11.6 Å². The summed E-state index contributed by atoms with van der Waals surface area (Å²) in [6.07, 6.45) is 1.50. The van der Waals surface area contributed by atoms with Gasteiger partial charge in [-0.2, -0.15) is 5.10 Å². The topological polar surface area (TPSA) is 60.1 Å². The van der Waals surface area contributed by atoms with Gasteiger partial charge in [-0.3, -0.25) is 4.79 Å². The van der Waals surface area contributed by atoms with Gasteiger partial charge in [-0.15, -0.1) is 0 Å². The van der Waals surface area contributed by atoms with Crippen molar-refractivity contribution in [2.75, 3.05) is 5.32 Å². The maximum Gasteiger partial charge on any atom is 0.259 e. The van der Waals surface area contributed by atoms with Crippen LogP contribution in [0.25, 0.3) is 5.69 Å². The van der Waals surface area contributed by atoms with Gasteiger partial charge in [0.2, 0.25) is 0 Å². The highest BCUT2D eigenvalue weighted by atomic mass is 35.5. The number of aromatic nitrogens is 2. The predicted molar refractivity (Wildman–Crippen MR) is 89.4 cm³/mol. The maximum atomic E-state index is 12.1. The molecule has 0 fully saturated rings. The van der Waals surface area contributed by atoms with Crippen molar-refractivity contribution in [3.05, 3.63) is 64.3 Å². The third-order valence-electron chi connectivity index (χ3n) is 3.68. The molecule has 2 aromatic heterocycles. The minimum Gasteiger partial charge on any atom is -0.469 e. The molecule has 2 heterocycles. The van der Waals surface area contributed by atoms with Crippen LogP contribution in [0.1, 0.15) is 27.5 Å². The van der Waals surface area contributed by atoms with Crippen LogP contribution in [0.3, 0.4) is 0 Å². The second kappa shape index (κ2) is 5.93. The minimum atomic E-state index is -0.196. The van der Waals surface area contributed by atoms with E-state index >= 15 is 0 Å². The zero-order valence-corrected chi connectivity index (χ0v) is 13.8. The number of halogens is 1. The van der Waals surface area contributed by atoms with Gasteiger partial charge in [-0.05, 0) is 51.1 Å². The lowest BCUT2D eigenvalue weighted by Gasteiger charge is -2.07. The molecule has 6 heteroatoms. The lowest BCUT2D eigenvalue weighted by molar-refractivity contribution is 0.102. The molecular weight excluding hydrogens is 314 g/mol. The van der Waals surface area contributed by atoms with E-state index in [1.54, 1.807) is 17.7 Å². The number of carbonyl (C=O) groups excluding carboxylic acids is 1. The van der Waals surface area contributed by atoms with Gasteiger partial charge in [0.15, 0.2) is 0 Å². The quantitative estimate of drug-likeness (QED) is 0.779. The number of anilines is 1. The molecule has 0 spiro atoms. The third kappa shape index (κ3) is 2.87. The molecule has 0 bridgehead atoms. The van der Waals surface area contributed by atoms with E-state index in [0.29, 0.717) is 22.0 Å². The highest BCUT2D eigenvalue weighted by molar-refractivity contribution is 6.31. The lowest BCUT2D eigenvalue weighted by Crippen LogP contribution is -2.12. The van der Waals surface area contributed by atoms with Crippen molar-refractivity contribution in [1.29, 1.82) is 0 Å². The zero-order chi connectivity index (χ0) is 16.6. The first-order valence-electron chi connectivity index (χ1n) is 7.15. The number of rotatable bonds is 3. The van der Waals surface area contributed by atoms with E-state index in [0.717, 1.165) is 17.1 Å². The summed E-state index contributed by atoms with van der Waals surface area (Å²) in [5.74, 6) is 0.398. The first-order valence-corrected chi connectivity index (χ1v) is 7.53. The average Bonchev–Trinajstić information content (AvgIpc) is 3.07. The van der Waals surface area contributed by atoms with E-state index in [1.165, 1.54) is 6.26 Å². The summed E-state index contributed by atoms with van der Waals surface area (Å²) in [7, 11) is 0. The van der Waals surface area contributed by atoms with Crippen molar-refractivity contribution in [1.82, 2.24) is 9.78 Å². The Labute approximate surface area is 138 Å². The molecule has 1 amide bonds. The number of carbonyl (C=O) groups is 1. The monoisotopic (exact) mass is 329 g/mol. The number of furan rings is 1. The summed E-state index contributed by atoms with van der Waals surface area (Å²) in [4.78, 5) is 12.1. The van der Waals surface area contributed by atoms with Gasteiger partial charge in [0.05, 0.1) is 33.9 Å². The summed E-state index contributed by atoms with van der Waals surface area (Å²) in [5, 5.41) is 7.91. The van der Waals surface area contributed by atoms with Gasteiger partial charge in [-0.1, -0.05) is 11.6 Å². The molecule has 0 saturated carbocycles. The molecule has 0 aliphatic heterocycles. The Kier molecular flexibility index (Phi) is 3.96. The smallest absolute Gasteiger partial charge is 0.259 e. The van der Waals surface area contributed by atoms with E-state index in [4.69, 9.17) is 16.0 Å². The molecule has 23 heavy (non-hydrogen) atoms. The molecule has 3 rings (SSSR count). The number of hydrogen-bond donors (Lipinski definition) is 1. The van der Waals surface area contributed by atoms with Crippen LogP contribution in [0.15, 0.2) is 41.0 Å². The summed E-state index contributed by atoms with van der Waals surface area (Å²) < 4.78 is 6.92. The van der Waals surface area contributed by atoms with E-state index in [9.17, 15) is 4.79 Å². The van der Waals surface area contributed by atoms with Gasteiger partial charge in [-0.25, -0.2) is 4.68 Å². The Morgan fingerprint density at radius 3 is 2.39 bits per heavy atom. The van der Waals surface area contributed by atoms with Crippen LogP contribution in [-0.2, 0) is 0 Å². The SMILES string of the molecule is Cc1nn(-c2ccc(NC(=O)c3ccoc3C)cc2)c(C)c1Cl. The lowest BCUT2D eigenvalue weighted by atomic mass is 10.2. The van der Waals surface area contributed by atoms with Crippen LogP contribution in [0.2, 0.25) is 5.02 Å². The fourth-order valence-corrected chi connectivity index (χ4v) is 2.50. The van der Waals surface area contributed by atoms with Crippen LogP contribution in [-0.4, -0.2) is 15.7 Å². The minimum absolute atomic E-state index is 0.196. The summed E-state index contributed by atoms with van der Waals surface area (Å²) in [5.41, 5.74) is 3.79. The van der Waals surface area contributed by atoms with Gasteiger partial charge in [0, 0.05) is 5.69 Å². The first kappa shape index (κ1) is 15.4. The van der Waals surface area contributed by atoms with E-state index in [1.807, 2.05) is 38.1 Å². The Hall–Kier alpha value is -2.53. The molecule has 0 unspecified atom stereocenters. The van der Waals surface area contributed by atoms with E-state index < -0.39 is 0 Å². The molecule has 0 radical (unpaired) electrons. The fourth-order valence-electron chi connectivity index (χ4n) is 2.38. The van der Waals surface area contributed by atoms with Gasteiger partial charge >= 0.3 is 0 Å². The van der Waals surface area contributed by atoms with E-state index in [2.05, 4.69) is 10.4 Å². The average molecular weight is 330 g/mol. The van der Waals surface area contributed by atoms with Crippen LogP contribution in [0.4, 0.5) is 5.69 Å². The molecule has 1 N–H and O–H groups in total. The Bertz CT molecular complexity index is 863. The molecule has 3 aromatic rings. The van der Waals surface area contributed by atoms with Crippen molar-refractivity contribution in [2.45, 2.75) is 20.8 Å². The molecule has 0 aliphatic carbocycles. The van der Waals surface area contributed by atoms with E-state index in [-0.39, 0.29) is 5.91 Å². The standard InChI is InChI=1S/C17H16ClN3O2/c1-10-16(18)11(2)21(20-10)14-6-4-13(5-7-14)19-17(22)15-8-9-23-12(15)3/h4-9H,1-3H3,(H,19,22). The summed E-state index contributed by atoms with van der Waals surface area (Å²) in [6.45, 7) is 5.54. The third-order valence-corrected chi connectivity index (χ3v) is 4.22. The summed E-state index contributed by atoms with van der Waals surface area (Å²) in [6, 6.07) is 9.07. The van der Waals surface area contributed by atoms with Crippen LogP contribution < -0.4 is 5.32 Å². The summed E-state index contributed by atoms with van der Waals surface area (Å²) >= 11 is 6.17. The zero-order valence-electron chi connectivity index (χ0n) is 13.1. The second-order valence-electron chi connectivity index (χ2n) is 5.29. The molecule has 118 valence electrons. The van der Waals surface area contributed by atoms with Crippen LogP contribution in [0, 0.1) is 20.8 Å². The van der Waals surface area contributed by atoms with Crippen molar-refractivity contribution >= 4 is 23.2 Å². The molecule has 0 aliphatic rings. The Morgan fingerprint density at radius 1 is 1.17 bits per heavy atom. The molecule has 0 atom stereocenters. The fraction of sp³-hybridized carbons (Fsp3) is 0.176. The normalized spacial score (nSPS) is 10.8. The molecule has 1 aromatic carbocycles. The number of nitrogens with zero attached hydrogens (tertiary/aromatic N) is 2. The van der Waals surface area contributed by atoms with Crippen molar-refractivity contribution in [2.24, 2.45) is 0 Å². The predicted octanol–water partition coefficient (Wildman–Crippen LogP) is 4.30. The van der Waals surface area contributed by atoms with Gasteiger partial charge in [0.1, 0.15) is 5.76 Å². The van der Waals surface area contributed by atoms with Gasteiger partial charge < -0.3 is 9.73 Å². The molecule has 0 saturated heterocycles. The van der Waals surface area contributed by atoms with Crippen molar-refractivity contribution in [3.63, 3.8) is 0 Å². The highest BCUT2D eigenvalue weighted by Crippen LogP contribution is 2.23.